The van der Waals surface area contributed by atoms with Gasteiger partial charge in [-0.2, -0.15) is 5.10 Å². The van der Waals surface area contributed by atoms with E-state index in [0.717, 1.165) is 0 Å². The van der Waals surface area contributed by atoms with Gasteiger partial charge < -0.3 is 10.2 Å². The Morgan fingerprint density at radius 3 is 2.85 bits per heavy atom. The van der Waals surface area contributed by atoms with E-state index in [1.165, 1.54) is 6.20 Å². The number of hydrogen-bond donors (Lipinski definition) is 2. The number of aromatic nitrogens is 2. The number of aliphatic hydroxyl groups excluding tert-OH is 2. The first-order valence-corrected chi connectivity index (χ1v) is 4.51. The van der Waals surface area contributed by atoms with Crippen molar-refractivity contribution in [1.29, 1.82) is 0 Å². The first kappa shape index (κ1) is 10.5. The maximum Gasteiger partial charge on any atom is 0.0972 e. The average Bonchev–Trinajstić information content (AvgIpc) is 2.42. The number of aliphatic hydroxyl groups is 2. The van der Waals surface area contributed by atoms with Gasteiger partial charge in [-0.05, 0) is 12.8 Å². The maximum atomic E-state index is 9.65. The zero-order valence-corrected chi connectivity index (χ0v) is 8.20. The summed E-state index contributed by atoms with van der Waals surface area (Å²) in [6, 6.07) is 0. The van der Waals surface area contributed by atoms with Crippen LogP contribution in [0.5, 0.6) is 0 Å². The molecule has 2 N–H and O–H groups in total. The lowest BCUT2D eigenvalue weighted by Gasteiger charge is -2.10. The molecule has 0 aromatic carbocycles. The summed E-state index contributed by atoms with van der Waals surface area (Å²) in [5, 5.41) is 22.6. The van der Waals surface area contributed by atoms with Crippen molar-refractivity contribution in [2.45, 2.75) is 18.9 Å². The van der Waals surface area contributed by atoms with Gasteiger partial charge in [-0.15, -0.1) is 0 Å². The van der Waals surface area contributed by atoms with Crippen LogP contribution in [0, 0.1) is 0 Å². The average molecular weight is 205 g/mol. The molecule has 0 amide bonds. The van der Waals surface area contributed by atoms with Gasteiger partial charge in [0.2, 0.25) is 0 Å². The molecule has 0 radical (unpaired) electrons. The molecule has 1 aromatic heterocycles. The molecule has 0 saturated carbocycles. The highest BCUT2D eigenvalue weighted by atomic mass is 35.5. The summed E-state index contributed by atoms with van der Waals surface area (Å²) in [5.41, 5.74) is 0.607. The van der Waals surface area contributed by atoms with Crippen molar-refractivity contribution in [3.05, 3.63) is 16.9 Å². The minimum Gasteiger partial charge on any atom is -0.396 e. The van der Waals surface area contributed by atoms with Crippen LogP contribution < -0.4 is 0 Å². The third-order valence-corrected chi connectivity index (χ3v) is 2.18. The number of halogens is 1. The Kier molecular flexibility index (Phi) is 3.71. The van der Waals surface area contributed by atoms with Gasteiger partial charge in [0.05, 0.1) is 23.0 Å². The highest BCUT2D eigenvalue weighted by Gasteiger charge is 2.15. The second-order valence-electron chi connectivity index (χ2n) is 2.88. The summed E-state index contributed by atoms with van der Waals surface area (Å²) in [4.78, 5) is 0. The molecule has 74 valence electrons. The predicted molar refractivity (Wildman–Crippen MR) is 49.5 cm³/mol. The Labute approximate surface area is 81.8 Å². The van der Waals surface area contributed by atoms with Crippen LogP contribution in [-0.4, -0.2) is 26.6 Å². The van der Waals surface area contributed by atoms with E-state index in [4.69, 9.17) is 16.7 Å². The Morgan fingerprint density at radius 2 is 2.38 bits per heavy atom. The zero-order valence-electron chi connectivity index (χ0n) is 7.44. The molecule has 0 aliphatic rings. The molecule has 4 nitrogen and oxygen atoms in total. The number of nitrogens with zero attached hydrogens (tertiary/aromatic N) is 2. The molecule has 0 bridgehead atoms. The third-order valence-electron chi connectivity index (χ3n) is 1.89. The monoisotopic (exact) mass is 204 g/mol. The van der Waals surface area contributed by atoms with E-state index in [2.05, 4.69) is 5.10 Å². The SMILES string of the molecule is Cn1ncc(Cl)c1C(O)CCCO. The van der Waals surface area contributed by atoms with E-state index in [0.29, 0.717) is 23.6 Å². The van der Waals surface area contributed by atoms with Crippen LogP contribution in [-0.2, 0) is 7.05 Å². The molecule has 5 heteroatoms. The van der Waals surface area contributed by atoms with Crippen LogP contribution >= 0.6 is 11.6 Å². The fraction of sp³-hybridized carbons (Fsp3) is 0.625. The second-order valence-corrected chi connectivity index (χ2v) is 3.29. The molecule has 0 spiro atoms. The van der Waals surface area contributed by atoms with Crippen molar-refractivity contribution >= 4 is 11.6 Å². The van der Waals surface area contributed by atoms with Crippen molar-refractivity contribution in [3.63, 3.8) is 0 Å². The first-order valence-electron chi connectivity index (χ1n) is 4.13. The number of aryl methyl sites for hydroxylation is 1. The van der Waals surface area contributed by atoms with Crippen LogP contribution in [0.15, 0.2) is 6.20 Å². The first-order chi connectivity index (χ1) is 6.16. The summed E-state index contributed by atoms with van der Waals surface area (Å²) in [7, 11) is 1.73. The lowest BCUT2D eigenvalue weighted by atomic mass is 10.1. The minimum atomic E-state index is -0.646. The number of rotatable bonds is 4. The Hall–Kier alpha value is -0.580. The summed E-state index contributed by atoms with van der Waals surface area (Å²) in [6.07, 6.45) is 1.91. The largest absolute Gasteiger partial charge is 0.396 e. The molecule has 0 aliphatic carbocycles. The Morgan fingerprint density at radius 1 is 1.69 bits per heavy atom. The van der Waals surface area contributed by atoms with Crippen LogP contribution in [0.1, 0.15) is 24.6 Å². The normalized spacial score (nSPS) is 13.2. The second kappa shape index (κ2) is 4.60. The van der Waals surface area contributed by atoms with Crippen molar-refractivity contribution in [1.82, 2.24) is 9.78 Å². The molecular weight excluding hydrogens is 192 g/mol. The molecule has 1 rings (SSSR count). The molecule has 1 atom stereocenters. The molecule has 0 aliphatic heterocycles. The molecule has 1 unspecified atom stereocenters. The zero-order chi connectivity index (χ0) is 9.84. The highest BCUT2D eigenvalue weighted by molar-refractivity contribution is 6.31. The minimum absolute atomic E-state index is 0.0759. The molecule has 0 fully saturated rings. The Bertz CT molecular complexity index is 256. The van der Waals surface area contributed by atoms with Gasteiger partial charge in [0.25, 0.3) is 0 Å². The van der Waals surface area contributed by atoms with Gasteiger partial charge in [-0.1, -0.05) is 11.6 Å². The van der Waals surface area contributed by atoms with Crippen LogP contribution in [0.3, 0.4) is 0 Å². The van der Waals surface area contributed by atoms with Crippen molar-refractivity contribution in [3.8, 4) is 0 Å². The van der Waals surface area contributed by atoms with Crippen LogP contribution in [0.25, 0.3) is 0 Å². The van der Waals surface area contributed by atoms with E-state index < -0.39 is 6.10 Å². The number of hydrogen-bond acceptors (Lipinski definition) is 3. The quantitative estimate of drug-likeness (QED) is 0.766. The lowest BCUT2D eigenvalue weighted by Crippen LogP contribution is -2.06. The summed E-state index contributed by atoms with van der Waals surface area (Å²) in [6.45, 7) is 0.0759. The van der Waals surface area contributed by atoms with Gasteiger partial charge in [-0.25, -0.2) is 0 Å². The van der Waals surface area contributed by atoms with Gasteiger partial charge >= 0.3 is 0 Å². The predicted octanol–water partition coefficient (Wildman–Crippen LogP) is 0.879. The van der Waals surface area contributed by atoms with Crippen molar-refractivity contribution in [2.75, 3.05) is 6.61 Å². The fourth-order valence-electron chi connectivity index (χ4n) is 1.22. The Balaban J connectivity index is 2.69. The molecule has 1 aromatic rings. The molecule has 0 saturated heterocycles. The topological polar surface area (TPSA) is 58.3 Å². The van der Waals surface area contributed by atoms with Gasteiger partial charge in [0.1, 0.15) is 0 Å². The lowest BCUT2D eigenvalue weighted by molar-refractivity contribution is 0.143. The molecule has 13 heavy (non-hydrogen) atoms. The standard InChI is InChI=1S/C8H13ClN2O2/c1-11-8(6(9)5-10-11)7(13)3-2-4-12/h5,7,12-13H,2-4H2,1H3. The molecule has 1 heterocycles. The van der Waals surface area contributed by atoms with Crippen LogP contribution in [0.4, 0.5) is 0 Å². The highest BCUT2D eigenvalue weighted by Crippen LogP contribution is 2.24. The van der Waals surface area contributed by atoms with Gasteiger partial charge in [0, 0.05) is 13.7 Å². The van der Waals surface area contributed by atoms with E-state index in [9.17, 15) is 5.11 Å². The van der Waals surface area contributed by atoms with Crippen molar-refractivity contribution < 1.29 is 10.2 Å². The van der Waals surface area contributed by atoms with E-state index in [1.54, 1.807) is 11.7 Å². The maximum absolute atomic E-state index is 9.65. The van der Waals surface area contributed by atoms with Gasteiger partial charge in [-0.3, -0.25) is 4.68 Å². The summed E-state index contributed by atoms with van der Waals surface area (Å²) in [5.74, 6) is 0. The van der Waals surface area contributed by atoms with E-state index in [-0.39, 0.29) is 6.61 Å². The summed E-state index contributed by atoms with van der Waals surface area (Å²) < 4.78 is 1.55. The van der Waals surface area contributed by atoms with Crippen LogP contribution in [0.2, 0.25) is 5.02 Å². The fourth-order valence-corrected chi connectivity index (χ4v) is 1.51. The molecular formula is C8H13ClN2O2. The smallest absolute Gasteiger partial charge is 0.0972 e. The third kappa shape index (κ3) is 2.43. The van der Waals surface area contributed by atoms with E-state index in [1.807, 2.05) is 0 Å². The van der Waals surface area contributed by atoms with Crippen molar-refractivity contribution in [2.24, 2.45) is 7.05 Å². The van der Waals surface area contributed by atoms with E-state index >= 15 is 0 Å². The van der Waals surface area contributed by atoms with Gasteiger partial charge in [0.15, 0.2) is 0 Å². The summed E-state index contributed by atoms with van der Waals surface area (Å²) >= 11 is 5.81.